The molecule has 39 heavy (non-hydrogen) atoms. The molecule has 5 rings (SSSR count). The maximum Gasteiger partial charge on any atom is 0.440 e. The van der Waals surface area contributed by atoms with E-state index in [9.17, 15) is 18.8 Å². The number of nitrogen functional groups attached to an aromatic ring is 1. The number of amides is 1. The van der Waals surface area contributed by atoms with Gasteiger partial charge in [-0.15, -0.1) is 0 Å². The highest BCUT2D eigenvalue weighted by Gasteiger charge is 2.68. The summed E-state index contributed by atoms with van der Waals surface area (Å²) >= 11 is 3.11. The van der Waals surface area contributed by atoms with Gasteiger partial charge in [0, 0.05) is 18.7 Å². The van der Waals surface area contributed by atoms with Crippen LogP contribution in [0.3, 0.4) is 0 Å². The van der Waals surface area contributed by atoms with E-state index in [1.54, 1.807) is 26.1 Å². The van der Waals surface area contributed by atoms with Gasteiger partial charge in [0.05, 0.1) is 21.9 Å². The molecule has 2 fully saturated rings. The van der Waals surface area contributed by atoms with E-state index < -0.39 is 33.8 Å². The SMILES string of the molecule is Cc1ccc([S+]([O-])C(F)(F)C2(O)CC3CC(c4nn(C)c(N)c4C(=O)Nc4ccc(F)c(Cl)c4)CC3C2)cc1. The van der Waals surface area contributed by atoms with Crippen molar-refractivity contribution in [2.24, 2.45) is 18.9 Å². The van der Waals surface area contributed by atoms with Gasteiger partial charge in [0.15, 0.2) is 10.5 Å². The quantitative estimate of drug-likeness (QED) is 0.338. The van der Waals surface area contributed by atoms with Gasteiger partial charge in [-0.25, -0.2) is 4.39 Å². The number of benzene rings is 2. The Kier molecular flexibility index (Phi) is 7.15. The number of anilines is 2. The molecule has 3 unspecified atom stereocenters. The number of nitrogens with zero attached hydrogens (tertiary/aromatic N) is 2. The molecule has 0 saturated heterocycles. The van der Waals surface area contributed by atoms with Crippen molar-refractivity contribution in [2.75, 3.05) is 11.1 Å². The molecule has 1 amide bonds. The zero-order valence-electron chi connectivity index (χ0n) is 21.3. The van der Waals surface area contributed by atoms with E-state index in [4.69, 9.17) is 17.3 Å². The minimum Gasteiger partial charge on any atom is -0.607 e. The first kappa shape index (κ1) is 27.8. The Labute approximate surface area is 231 Å². The molecular weight excluding hydrogens is 553 g/mol. The molecule has 0 spiro atoms. The Morgan fingerprint density at radius 3 is 2.44 bits per heavy atom. The van der Waals surface area contributed by atoms with Crippen LogP contribution in [0.15, 0.2) is 47.4 Å². The standard InChI is InChI=1S/C27H28ClF3N4O3S/c1-14-3-6-19(7-4-14)39(38)27(30,31)26(37)12-16-9-15(10-17(16)13-26)23-22(24(32)35(2)34-23)25(36)33-18-5-8-21(29)20(28)11-18/h3-8,11,15-17,37H,9-10,12-13,32H2,1-2H3,(H,33,36). The third kappa shape index (κ3) is 4.90. The van der Waals surface area contributed by atoms with E-state index >= 15 is 8.78 Å². The fourth-order valence-corrected chi connectivity index (χ4v) is 7.32. The largest absolute Gasteiger partial charge is 0.607 e. The molecule has 208 valence electrons. The molecule has 2 aliphatic carbocycles. The number of nitrogens with two attached hydrogens (primary N) is 1. The van der Waals surface area contributed by atoms with Crippen LogP contribution in [0.5, 0.6) is 0 Å². The maximum atomic E-state index is 15.4. The van der Waals surface area contributed by atoms with Gasteiger partial charge in [0.1, 0.15) is 17.2 Å². The summed E-state index contributed by atoms with van der Waals surface area (Å²) in [4.78, 5) is 13.1. The summed E-state index contributed by atoms with van der Waals surface area (Å²) < 4.78 is 58.6. The van der Waals surface area contributed by atoms with Crippen LogP contribution in [-0.4, -0.2) is 36.2 Å². The minimum atomic E-state index is -3.83. The van der Waals surface area contributed by atoms with Crippen LogP contribution in [0, 0.1) is 24.6 Å². The van der Waals surface area contributed by atoms with E-state index in [1.165, 1.54) is 28.9 Å². The molecule has 2 saturated carbocycles. The third-order valence-electron chi connectivity index (χ3n) is 7.96. The van der Waals surface area contributed by atoms with Crippen molar-refractivity contribution in [3.63, 3.8) is 0 Å². The van der Waals surface area contributed by atoms with Crippen LogP contribution >= 0.6 is 11.6 Å². The second-order valence-corrected chi connectivity index (χ2v) is 12.5. The Bertz CT molecular complexity index is 1400. The number of hydrogen-bond acceptors (Lipinski definition) is 5. The molecule has 1 heterocycles. The molecule has 0 aliphatic heterocycles. The second-order valence-electron chi connectivity index (χ2n) is 10.6. The lowest BCUT2D eigenvalue weighted by Gasteiger charge is -2.33. The molecule has 12 heteroatoms. The van der Waals surface area contributed by atoms with Gasteiger partial charge in [-0.1, -0.05) is 29.3 Å². The van der Waals surface area contributed by atoms with Gasteiger partial charge in [-0.2, -0.15) is 13.9 Å². The molecule has 0 radical (unpaired) electrons. The minimum absolute atomic E-state index is 0.0315. The summed E-state index contributed by atoms with van der Waals surface area (Å²) in [6.45, 7) is 1.80. The average Bonchev–Trinajstić information content (AvgIpc) is 3.51. The highest BCUT2D eigenvalue weighted by atomic mass is 35.5. The number of aryl methyl sites for hydroxylation is 2. The maximum absolute atomic E-state index is 15.4. The van der Waals surface area contributed by atoms with Crippen LogP contribution in [0.25, 0.3) is 0 Å². The molecule has 3 aromatic rings. The Morgan fingerprint density at radius 2 is 1.85 bits per heavy atom. The van der Waals surface area contributed by atoms with E-state index in [0.29, 0.717) is 18.5 Å². The normalized spacial score (nSPS) is 25.5. The number of halogens is 4. The summed E-state index contributed by atoms with van der Waals surface area (Å²) in [5.74, 6) is -1.83. The zero-order valence-corrected chi connectivity index (χ0v) is 22.8. The monoisotopic (exact) mass is 580 g/mol. The Morgan fingerprint density at radius 1 is 1.23 bits per heavy atom. The fraction of sp³-hybridized carbons (Fsp3) is 0.407. The number of alkyl halides is 2. The number of nitrogens with one attached hydrogen (secondary N) is 1. The Hall–Kier alpha value is -2.73. The second kappa shape index (κ2) is 10.0. The summed E-state index contributed by atoms with van der Waals surface area (Å²) in [5, 5.41) is 14.2. The van der Waals surface area contributed by atoms with Crippen molar-refractivity contribution in [1.29, 1.82) is 0 Å². The predicted octanol–water partition coefficient (Wildman–Crippen LogP) is 5.39. The fourth-order valence-electron chi connectivity index (χ4n) is 5.95. The summed E-state index contributed by atoms with van der Waals surface area (Å²) in [6, 6.07) is 9.79. The number of hydrogen-bond donors (Lipinski definition) is 3. The van der Waals surface area contributed by atoms with Gasteiger partial charge in [-0.05, 0) is 74.8 Å². The lowest BCUT2D eigenvalue weighted by atomic mass is 9.91. The lowest BCUT2D eigenvalue weighted by molar-refractivity contribution is -0.126. The Balaban J connectivity index is 1.33. The third-order valence-corrected chi connectivity index (χ3v) is 9.80. The number of carbonyl (C=O) groups excluding carboxylic acids is 1. The van der Waals surface area contributed by atoms with Gasteiger partial charge < -0.3 is 20.7 Å². The van der Waals surface area contributed by atoms with Crippen LogP contribution < -0.4 is 11.1 Å². The van der Waals surface area contributed by atoms with E-state index in [1.807, 2.05) is 0 Å². The smallest absolute Gasteiger partial charge is 0.440 e. The number of carbonyl (C=O) groups is 1. The molecule has 2 aliphatic rings. The summed E-state index contributed by atoms with van der Waals surface area (Å²) in [5.41, 5.74) is 5.49. The first-order chi connectivity index (χ1) is 18.3. The van der Waals surface area contributed by atoms with Crippen LogP contribution in [0.4, 0.5) is 24.7 Å². The van der Waals surface area contributed by atoms with Gasteiger partial charge in [-0.3, -0.25) is 9.48 Å². The average molecular weight is 581 g/mol. The molecule has 1 aromatic heterocycles. The molecule has 2 aromatic carbocycles. The van der Waals surface area contributed by atoms with Gasteiger partial charge in [0.2, 0.25) is 0 Å². The first-order valence-corrected chi connectivity index (χ1v) is 14.0. The highest BCUT2D eigenvalue weighted by molar-refractivity contribution is 7.92. The van der Waals surface area contributed by atoms with Crippen LogP contribution in [-0.2, 0) is 18.2 Å². The molecule has 3 atom stereocenters. The summed E-state index contributed by atoms with van der Waals surface area (Å²) in [6.07, 6.45) is 0.409. The topological polar surface area (TPSA) is 116 Å². The summed E-state index contributed by atoms with van der Waals surface area (Å²) in [7, 11) is 1.60. The van der Waals surface area contributed by atoms with Gasteiger partial charge in [0.25, 0.3) is 5.91 Å². The van der Waals surface area contributed by atoms with Gasteiger partial charge >= 0.3 is 5.25 Å². The van der Waals surface area contributed by atoms with Crippen molar-refractivity contribution in [2.45, 2.75) is 54.3 Å². The van der Waals surface area contributed by atoms with E-state index in [2.05, 4.69) is 10.4 Å². The number of rotatable bonds is 6. The molecule has 0 bridgehead atoms. The molecule has 7 nitrogen and oxygen atoms in total. The van der Waals surface area contributed by atoms with Crippen molar-refractivity contribution in [3.05, 3.63) is 70.1 Å². The molecular formula is C27H28ClF3N4O3S. The first-order valence-electron chi connectivity index (χ1n) is 12.5. The van der Waals surface area contributed by atoms with Crippen LogP contribution in [0.2, 0.25) is 5.02 Å². The molecule has 4 N–H and O–H groups in total. The number of fused-ring (bicyclic) bond motifs is 1. The number of aliphatic hydroxyl groups is 1. The zero-order chi connectivity index (χ0) is 28.3. The van der Waals surface area contributed by atoms with Crippen LogP contribution in [0.1, 0.15) is 53.2 Å². The highest BCUT2D eigenvalue weighted by Crippen LogP contribution is 2.59. The number of aromatic nitrogens is 2. The van der Waals surface area contributed by atoms with E-state index in [0.717, 1.165) is 11.6 Å². The van der Waals surface area contributed by atoms with Crippen molar-refractivity contribution in [3.8, 4) is 0 Å². The van der Waals surface area contributed by atoms with Crippen molar-refractivity contribution >= 4 is 40.2 Å². The predicted molar refractivity (Wildman–Crippen MR) is 143 cm³/mol. The van der Waals surface area contributed by atoms with E-state index in [-0.39, 0.29) is 57.6 Å². The van der Waals surface area contributed by atoms with Crippen molar-refractivity contribution in [1.82, 2.24) is 9.78 Å². The lowest BCUT2D eigenvalue weighted by Crippen LogP contribution is -2.51. The van der Waals surface area contributed by atoms with Crippen molar-refractivity contribution < 1.29 is 27.6 Å².